The summed E-state index contributed by atoms with van der Waals surface area (Å²) in [6.07, 6.45) is 6.90. The SMILES string of the molecule is COc1cc2c(c(Cl)c1Cl)C(=O)[C@H](CC1CCCC1)C2. The molecule has 1 aromatic rings. The molecular weight excluding hydrogens is 295 g/mol. The van der Waals surface area contributed by atoms with Crippen LogP contribution in [-0.2, 0) is 6.42 Å². The normalized spacial score (nSPS) is 22.4. The van der Waals surface area contributed by atoms with Gasteiger partial charge in [0.05, 0.1) is 12.1 Å². The molecule has 0 aliphatic heterocycles. The van der Waals surface area contributed by atoms with Gasteiger partial charge in [-0.2, -0.15) is 0 Å². The number of fused-ring (bicyclic) bond motifs is 1. The Morgan fingerprint density at radius 3 is 2.60 bits per heavy atom. The lowest BCUT2D eigenvalue weighted by Gasteiger charge is -2.13. The monoisotopic (exact) mass is 312 g/mol. The van der Waals surface area contributed by atoms with Gasteiger partial charge in [0, 0.05) is 11.5 Å². The maximum atomic E-state index is 12.6. The zero-order valence-corrected chi connectivity index (χ0v) is 13.1. The molecule has 0 amide bonds. The molecule has 1 aromatic carbocycles. The van der Waals surface area contributed by atoms with Gasteiger partial charge in [-0.3, -0.25) is 4.79 Å². The Labute approximate surface area is 129 Å². The van der Waals surface area contributed by atoms with E-state index >= 15 is 0 Å². The van der Waals surface area contributed by atoms with Crippen LogP contribution in [-0.4, -0.2) is 12.9 Å². The quantitative estimate of drug-likeness (QED) is 0.790. The number of ether oxygens (including phenoxy) is 1. The van der Waals surface area contributed by atoms with Crippen molar-refractivity contribution in [1.82, 2.24) is 0 Å². The molecule has 0 heterocycles. The minimum Gasteiger partial charge on any atom is -0.495 e. The Morgan fingerprint density at radius 1 is 1.25 bits per heavy atom. The van der Waals surface area contributed by atoms with Crippen LogP contribution in [0.4, 0.5) is 0 Å². The molecule has 0 unspecified atom stereocenters. The van der Waals surface area contributed by atoms with E-state index in [9.17, 15) is 4.79 Å². The predicted molar refractivity (Wildman–Crippen MR) is 81.1 cm³/mol. The molecule has 2 aliphatic rings. The third-order valence-electron chi connectivity index (χ3n) is 4.65. The van der Waals surface area contributed by atoms with E-state index in [0.29, 0.717) is 27.3 Å². The van der Waals surface area contributed by atoms with Crippen molar-refractivity contribution in [1.29, 1.82) is 0 Å². The maximum Gasteiger partial charge on any atom is 0.168 e. The van der Waals surface area contributed by atoms with E-state index in [-0.39, 0.29) is 11.7 Å². The smallest absolute Gasteiger partial charge is 0.168 e. The van der Waals surface area contributed by atoms with Crippen molar-refractivity contribution >= 4 is 29.0 Å². The lowest BCUT2D eigenvalue weighted by atomic mass is 9.90. The van der Waals surface area contributed by atoms with E-state index in [1.807, 2.05) is 6.07 Å². The molecule has 108 valence electrons. The van der Waals surface area contributed by atoms with Gasteiger partial charge in [0.2, 0.25) is 0 Å². The average Bonchev–Trinajstić information content (AvgIpc) is 3.04. The number of carbonyl (C=O) groups is 1. The van der Waals surface area contributed by atoms with Crippen molar-refractivity contribution in [2.45, 2.75) is 38.5 Å². The van der Waals surface area contributed by atoms with Crippen LogP contribution in [0.1, 0.15) is 48.0 Å². The molecular formula is C16H18Cl2O2. The van der Waals surface area contributed by atoms with Gasteiger partial charge < -0.3 is 4.74 Å². The average molecular weight is 313 g/mol. The highest BCUT2D eigenvalue weighted by Crippen LogP contribution is 2.44. The molecule has 1 saturated carbocycles. The predicted octanol–water partition coefficient (Wildman–Crippen LogP) is 4.94. The topological polar surface area (TPSA) is 26.3 Å². The van der Waals surface area contributed by atoms with Crippen LogP contribution in [0.25, 0.3) is 0 Å². The van der Waals surface area contributed by atoms with E-state index in [2.05, 4.69) is 0 Å². The first-order valence-corrected chi connectivity index (χ1v) is 7.96. The van der Waals surface area contributed by atoms with Crippen LogP contribution in [0.15, 0.2) is 6.07 Å². The Hall–Kier alpha value is -0.730. The number of methoxy groups -OCH3 is 1. The molecule has 0 N–H and O–H groups in total. The van der Waals surface area contributed by atoms with Crippen LogP contribution >= 0.6 is 23.2 Å². The highest BCUT2D eigenvalue weighted by molar-refractivity contribution is 6.45. The van der Waals surface area contributed by atoms with Crippen LogP contribution < -0.4 is 4.74 Å². The fourth-order valence-electron chi connectivity index (χ4n) is 3.63. The van der Waals surface area contributed by atoms with Crippen molar-refractivity contribution in [2.24, 2.45) is 11.8 Å². The molecule has 0 aromatic heterocycles. The fourth-order valence-corrected chi connectivity index (χ4v) is 4.16. The molecule has 1 atom stereocenters. The summed E-state index contributed by atoms with van der Waals surface area (Å²) in [5.41, 5.74) is 1.62. The highest BCUT2D eigenvalue weighted by atomic mass is 35.5. The molecule has 2 aliphatic carbocycles. The summed E-state index contributed by atoms with van der Waals surface area (Å²) in [5.74, 6) is 1.51. The van der Waals surface area contributed by atoms with Gasteiger partial charge in [-0.05, 0) is 30.4 Å². The van der Waals surface area contributed by atoms with Gasteiger partial charge in [0.15, 0.2) is 5.78 Å². The molecule has 20 heavy (non-hydrogen) atoms. The number of carbonyl (C=O) groups excluding carboxylic acids is 1. The van der Waals surface area contributed by atoms with Crippen molar-refractivity contribution < 1.29 is 9.53 Å². The van der Waals surface area contributed by atoms with Crippen molar-refractivity contribution in [3.8, 4) is 5.75 Å². The van der Waals surface area contributed by atoms with Gasteiger partial charge in [-0.25, -0.2) is 0 Å². The first-order valence-electron chi connectivity index (χ1n) is 7.21. The molecule has 2 nitrogen and oxygen atoms in total. The number of Topliss-reactive ketones (excluding diaryl/α,β-unsaturated/α-hetero) is 1. The Morgan fingerprint density at radius 2 is 1.95 bits per heavy atom. The highest BCUT2D eigenvalue weighted by Gasteiger charge is 2.36. The first-order chi connectivity index (χ1) is 9.61. The summed E-state index contributed by atoms with van der Waals surface area (Å²) in [7, 11) is 1.57. The second-order valence-corrected chi connectivity index (χ2v) is 6.65. The van der Waals surface area contributed by atoms with Gasteiger partial charge in [0.1, 0.15) is 10.8 Å². The van der Waals surface area contributed by atoms with E-state index in [1.165, 1.54) is 25.7 Å². The number of benzene rings is 1. The molecule has 3 rings (SSSR count). The fraction of sp³-hybridized carbons (Fsp3) is 0.562. The van der Waals surface area contributed by atoms with E-state index in [4.69, 9.17) is 27.9 Å². The Balaban J connectivity index is 1.88. The number of halogens is 2. The summed E-state index contributed by atoms with van der Waals surface area (Å²) in [4.78, 5) is 12.6. The van der Waals surface area contributed by atoms with E-state index in [0.717, 1.165) is 18.4 Å². The summed E-state index contributed by atoms with van der Waals surface area (Å²) in [5, 5.41) is 0.711. The third-order valence-corrected chi connectivity index (χ3v) is 5.50. The molecule has 0 saturated heterocycles. The lowest BCUT2D eigenvalue weighted by Crippen LogP contribution is -2.13. The molecule has 0 radical (unpaired) electrons. The van der Waals surface area contributed by atoms with Gasteiger partial charge >= 0.3 is 0 Å². The molecule has 0 bridgehead atoms. The van der Waals surface area contributed by atoms with Crippen molar-refractivity contribution in [3.63, 3.8) is 0 Å². The zero-order valence-electron chi connectivity index (χ0n) is 11.5. The molecule has 0 spiro atoms. The van der Waals surface area contributed by atoms with E-state index in [1.54, 1.807) is 7.11 Å². The summed E-state index contributed by atoms with van der Waals surface area (Å²) in [6, 6.07) is 1.87. The summed E-state index contributed by atoms with van der Waals surface area (Å²) in [6.45, 7) is 0. The van der Waals surface area contributed by atoms with Crippen molar-refractivity contribution in [3.05, 3.63) is 27.2 Å². The molecule has 1 fully saturated rings. The van der Waals surface area contributed by atoms with Crippen LogP contribution in [0.5, 0.6) is 5.75 Å². The number of ketones is 1. The van der Waals surface area contributed by atoms with Gasteiger partial charge in [0.25, 0.3) is 0 Å². The second kappa shape index (κ2) is 5.57. The van der Waals surface area contributed by atoms with Gasteiger partial charge in [-0.1, -0.05) is 48.9 Å². The van der Waals surface area contributed by atoms with Crippen LogP contribution in [0.3, 0.4) is 0 Å². The third kappa shape index (κ3) is 2.33. The Bertz CT molecular complexity index is 548. The Kier molecular flexibility index (Phi) is 3.96. The number of rotatable bonds is 3. The lowest BCUT2D eigenvalue weighted by molar-refractivity contribution is 0.0919. The largest absolute Gasteiger partial charge is 0.495 e. The first kappa shape index (κ1) is 14.2. The van der Waals surface area contributed by atoms with Crippen molar-refractivity contribution in [2.75, 3.05) is 7.11 Å². The standard InChI is InChI=1S/C16H18Cl2O2/c1-20-12-8-10-7-11(6-9-4-2-3-5-9)16(19)13(10)15(18)14(12)17/h8-9,11H,2-7H2,1H3/t11-/m1/s1. The minimum absolute atomic E-state index is 0.0776. The number of hydrogen-bond donors (Lipinski definition) is 0. The minimum atomic E-state index is 0.0776. The van der Waals surface area contributed by atoms with Crippen LogP contribution in [0, 0.1) is 11.8 Å². The summed E-state index contributed by atoms with van der Waals surface area (Å²) >= 11 is 12.4. The van der Waals surface area contributed by atoms with Crippen LogP contribution in [0.2, 0.25) is 10.0 Å². The molecule has 4 heteroatoms. The summed E-state index contributed by atoms with van der Waals surface area (Å²) < 4.78 is 5.23. The maximum absolute atomic E-state index is 12.6. The van der Waals surface area contributed by atoms with Gasteiger partial charge in [-0.15, -0.1) is 0 Å². The second-order valence-electron chi connectivity index (χ2n) is 5.89. The van der Waals surface area contributed by atoms with E-state index < -0.39 is 0 Å². The number of hydrogen-bond acceptors (Lipinski definition) is 2. The zero-order chi connectivity index (χ0) is 14.3.